The second-order valence-electron chi connectivity index (χ2n) is 5.74. The van der Waals surface area contributed by atoms with Gasteiger partial charge in [0.05, 0.1) is 5.56 Å². The molecule has 0 saturated carbocycles. The zero-order valence-corrected chi connectivity index (χ0v) is 14.2. The number of aromatic amines is 1. The molecular weight excluding hydrogens is 371 g/mol. The Hall–Kier alpha value is -2.56. The van der Waals surface area contributed by atoms with Gasteiger partial charge in [-0.25, -0.2) is 0 Å². The van der Waals surface area contributed by atoms with E-state index in [4.69, 9.17) is 4.52 Å². The van der Waals surface area contributed by atoms with Crippen molar-refractivity contribution in [2.45, 2.75) is 18.3 Å². The van der Waals surface area contributed by atoms with Crippen LogP contribution in [0.3, 0.4) is 0 Å². The molecule has 0 amide bonds. The van der Waals surface area contributed by atoms with Crippen LogP contribution in [0.2, 0.25) is 0 Å². The Labute approximate surface area is 148 Å². The molecule has 136 valence electrons. The summed E-state index contributed by atoms with van der Waals surface area (Å²) in [6, 6.07) is 1.80. The van der Waals surface area contributed by atoms with Gasteiger partial charge in [-0.2, -0.15) is 35.0 Å². The Bertz CT molecular complexity index is 1040. The second-order valence-corrected chi connectivity index (χ2v) is 6.84. The number of pyridine rings is 1. The first-order chi connectivity index (χ1) is 12.3. The summed E-state index contributed by atoms with van der Waals surface area (Å²) >= 11 is 1.76. The first kappa shape index (κ1) is 16.9. The van der Waals surface area contributed by atoms with Crippen LogP contribution in [0, 0.1) is 0 Å². The van der Waals surface area contributed by atoms with Gasteiger partial charge in [0.1, 0.15) is 5.69 Å². The predicted molar refractivity (Wildman–Crippen MR) is 87.4 cm³/mol. The fourth-order valence-electron chi connectivity index (χ4n) is 2.83. The minimum Gasteiger partial charge on any atom is -0.332 e. The van der Waals surface area contributed by atoms with Crippen LogP contribution in [0.25, 0.3) is 23.0 Å². The third-order valence-corrected chi connectivity index (χ3v) is 5.07. The maximum absolute atomic E-state index is 12.7. The van der Waals surface area contributed by atoms with E-state index in [-0.39, 0.29) is 17.3 Å². The largest absolute Gasteiger partial charge is 0.431 e. The number of nitrogens with one attached hydrogen (secondary N) is 1. The van der Waals surface area contributed by atoms with Crippen LogP contribution in [0.1, 0.15) is 17.0 Å². The highest BCUT2D eigenvalue weighted by molar-refractivity contribution is 7.98. The molecule has 4 heterocycles. The molecule has 3 aromatic heterocycles. The quantitative estimate of drug-likeness (QED) is 0.732. The van der Waals surface area contributed by atoms with E-state index in [1.807, 2.05) is 7.05 Å². The van der Waals surface area contributed by atoms with E-state index in [1.54, 1.807) is 21.4 Å². The highest BCUT2D eigenvalue weighted by atomic mass is 32.2. The van der Waals surface area contributed by atoms with E-state index < -0.39 is 17.4 Å². The summed E-state index contributed by atoms with van der Waals surface area (Å²) < 4.78 is 45.0. The highest BCUT2D eigenvalue weighted by Gasteiger charge is 2.32. The van der Waals surface area contributed by atoms with Crippen molar-refractivity contribution in [3.63, 3.8) is 0 Å². The number of hydrogen-bond acceptors (Lipinski definition) is 6. The Kier molecular flexibility index (Phi) is 3.90. The van der Waals surface area contributed by atoms with Crippen molar-refractivity contribution in [1.29, 1.82) is 0 Å². The van der Waals surface area contributed by atoms with Gasteiger partial charge in [-0.1, -0.05) is 5.16 Å². The number of alkyl halides is 3. The van der Waals surface area contributed by atoms with Gasteiger partial charge in [-0.05, 0) is 24.3 Å². The van der Waals surface area contributed by atoms with Gasteiger partial charge in [0.2, 0.25) is 5.82 Å². The summed E-state index contributed by atoms with van der Waals surface area (Å²) in [4.78, 5) is 17.9. The first-order valence-corrected chi connectivity index (χ1v) is 8.77. The fourth-order valence-corrected chi connectivity index (χ4v) is 3.82. The Balaban J connectivity index is 1.73. The zero-order chi connectivity index (χ0) is 18.5. The number of hydrogen-bond donors (Lipinski definition) is 1. The third kappa shape index (κ3) is 2.81. The van der Waals surface area contributed by atoms with Crippen LogP contribution in [-0.4, -0.2) is 30.7 Å². The number of halogens is 3. The van der Waals surface area contributed by atoms with Crippen LogP contribution in [0.15, 0.2) is 21.5 Å². The van der Waals surface area contributed by atoms with Gasteiger partial charge in [-0.15, -0.1) is 0 Å². The topological polar surface area (TPSA) is 89.6 Å². The molecule has 26 heavy (non-hydrogen) atoms. The van der Waals surface area contributed by atoms with Crippen molar-refractivity contribution in [3.8, 4) is 23.0 Å². The molecule has 1 aliphatic heterocycles. The molecule has 3 aromatic rings. The lowest BCUT2D eigenvalue weighted by Crippen LogP contribution is -2.17. The maximum Gasteiger partial charge on any atom is 0.431 e. The van der Waals surface area contributed by atoms with Gasteiger partial charge in [0.15, 0.2) is 5.69 Å². The molecule has 0 atom stereocenters. The van der Waals surface area contributed by atoms with Crippen molar-refractivity contribution < 1.29 is 17.7 Å². The van der Waals surface area contributed by atoms with Crippen molar-refractivity contribution >= 4 is 11.8 Å². The molecule has 11 heteroatoms. The minimum atomic E-state index is -4.63. The molecule has 7 nitrogen and oxygen atoms in total. The van der Waals surface area contributed by atoms with Crippen LogP contribution in [-0.2, 0) is 25.4 Å². The monoisotopic (exact) mass is 383 g/mol. The van der Waals surface area contributed by atoms with Crippen molar-refractivity contribution in [2.75, 3.05) is 5.75 Å². The average molecular weight is 383 g/mol. The fraction of sp³-hybridized carbons (Fsp3) is 0.333. The van der Waals surface area contributed by atoms with Gasteiger partial charge in [-0.3, -0.25) is 9.48 Å². The normalized spacial score (nSPS) is 14.5. The molecule has 0 radical (unpaired) electrons. The number of H-pyrrole nitrogens is 1. The Morgan fingerprint density at radius 3 is 2.88 bits per heavy atom. The van der Waals surface area contributed by atoms with E-state index >= 15 is 0 Å². The van der Waals surface area contributed by atoms with E-state index in [0.29, 0.717) is 5.69 Å². The number of rotatable bonds is 2. The lowest BCUT2D eigenvalue weighted by atomic mass is 10.1. The Morgan fingerprint density at radius 2 is 2.15 bits per heavy atom. The number of nitrogens with zero attached hydrogens (tertiary/aromatic N) is 4. The van der Waals surface area contributed by atoms with Gasteiger partial charge in [0.25, 0.3) is 11.4 Å². The molecule has 0 bridgehead atoms. The van der Waals surface area contributed by atoms with Gasteiger partial charge < -0.3 is 9.51 Å². The van der Waals surface area contributed by atoms with Crippen molar-refractivity contribution in [3.05, 3.63) is 39.4 Å². The van der Waals surface area contributed by atoms with E-state index in [2.05, 4.69) is 15.2 Å². The second kappa shape index (κ2) is 6.01. The summed E-state index contributed by atoms with van der Waals surface area (Å²) in [6.45, 7) is 0. The number of aromatic nitrogens is 5. The molecule has 1 aliphatic rings. The first-order valence-electron chi connectivity index (χ1n) is 7.62. The molecule has 0 aromatic carbocycles. The standard InChI is InChI=1S/C15H12F3N5O2S/c1-23-9-4-5-26-6-8(9)11(21-23)14-20-12(22-25-14)7-2-3-10(15(16,17)18)19-13(7)24/h2-3H,4-6H2,1H3,(H,19,24). The average Bonchev–Trinajstić information content (AvgIpc) is 3.19. The van der Waals surface area contributed by atoms with E-state index in [9.17, 15) is 18.0 Å². The minimum absolute atomic E-state index is 0.0853. The molecule has 0 saturated heterocycles. The number of aryl methyl sites for hydroxylation is 1. The summed E-state index contributed by atoms with van der Waals surface area (Å²) in [5.74, 6) is 1.82. The van der Waals surface area contributed by atoms with Gasteiger partial charge in [0, 0.05) is 24.1 Å². The van der Waals surface area contributed by atoms with Crippen LogP contribution in [0.4, 0.5) is 13.2 Å². The summed E-state index contributed by atoms with van der Waals surface area (Å²) in [7, 11) is 1.83. The summed E-state index contributed by atoms with van der Waals surface area (Å²) in [5, 5.41) is 8.14. The van der Waals surface area contributed by atoms with Gasteiger partial charge >= 0.3 is 6.18 Å². The van der Waals surface area contributed by atoms with Crippen molar-refractivity contribution in [2.24, 2.45) is 7.05 Å². The zero-order valence-electron chi connectivity index (χ0n) is 13.4. The lowest BCUT2D eigenvalue weighted by molar-refractivity contribution is -0.141. The smallest absolute Gasteiger partial charge is 0.332 e. The molecule has 0 unspecified atom stereocenters. The summed E-state index contributed by atoms with van der Waals surface area (Å²) in [5.41, 5.74) is 0.451. The molecule has 0 aliphatic carbocycles. The predicted octanol–water partition coefficient (Wildman–Crippen LogP) is 2.63. The SMILES string of the molecule is Cn1nc(-c2nc(-c3ccc(C(F)(F)F)[nH]c3=O)no2)c2c1CCSC2. The maximum atomic E-state index is 12.7. The number of fused-ring (bicyclic) bond motifs is 1. The molecular formula is C15H12F3N5O2S. The van der Waals surface area contributed by atoms with E-state index in [1.165, 1.54) is 0 Å². The van der Waals surface area contributed by atoms with Crippen LogP contribution in [0.5, 0.6) is 0 Å². The Morgan fingerprint density at radius 1 is 1.35 bits per heavy atom. The molecule has 0 fully saturated rings. The molecule has 4 rings (SSSR count). The third-order valence-electron chi connectivity index (χ3n) is 4.09. The van der Waals surface area contributed by atoms with Crippen LogP contribution >= 0.6 is 11.8 Å². The van der Waals surface area contributed by atoms with Crippen molar-refractivity contribution in [1.82, 2.24) is 24.9 Å². The van der Waals surface area contributed by atoms with E-state index in [0.717, 1.165) is 41.3 Å². The molecule has 1 N–H and O–H groups in total. The highest BCUT2D eigenvalue weighted by Crippen LogP contribution is 2.33. The van der Waals surface area contributed by atoms with Crippen LogP contribution < -0.4 is 5.56 Å². The molecule has 0 spiro atoms. The summed E-state index contributed by atoms with van der Waals surface area (Å²) in [6.07, 6.45) is -3.76. The lowest BCUT2D eigenvalue weighted by Gasteiger charge is -2.11. The number of thioether (sulfide) groups is 1.